The van der Waals surface area contributed by atoms with Crippen LogP contribution in [0.4, 0.5) is 10.9 Å². The number of aromatic nitrogens is 3. The SMILES string of the molecule is Cc1c(-c2ccc(N3CC(C)N(c4nccs4)C(C)C3)nc2)cnc2c(-c3ccc(C#N)cc3)cccc12. The first-order chi connectivity index (χ1) is 18.5. The van der Waals surface area contributed by atoms with Crippen molar-refractivity contribution in [2.24, 2.45) is 0 Å². The minimum atomic E-state index is 0.351. The predicted octanol–water partition coefficient (Wildman–Crippen LogP) is 6.70. The van der Waals surface area contributed by atoms with Crippen LogP contribution in [0, 0.1) is 18.3 Å². The van der Waals surface area contributed by atoms with Gasteiger partial charge in [0, 0.05) is 71.2 Å². The number of rotatable bonds is 4. The highest BCUT2D eigenvalue weighted by Crippen LogP contribution is 2.34. The van der Waals surface area contributed by atoms with Crippen molar-refractivity contribution < 1.29 is 0 Å². The van der Waals surface area contributed by atoms with Crippen molar-refractivity contribution in [2.45, 2.75) is 32.9 Å². The zero-order chi connectivity index (χ0) is 26.2. The van der Waals surface area contributed by atoms with E-state index >= 15 is 0 Å². The first-order valence-electron chi connectivity index (χ1n) is 12.8. The number of nitrogens with zero attached hydrogens (tertiary/aromatic N) is 6. The minimum Gasteiger partial charge on any atom is -0.353 e. The van der Waals surface area contributed by atoms with Gasteiger partial charge in [0.05, 0.1) is 17.1 Å². The van der Waals surface area contributed by atoms with Crippen LogP contribution in [0.15, 0.2) is 78.6 Å². The van der Waals surface area contributed by atoms with Gasteiger partial charge in [-0.05, 0) is 56.2 Å². The van der Waals surface area contributed by atoms with E-state index in [1.54, 1.807) is 11.3 Å². The van der Waals surface area contributed by atoms with Gasteiger partial charge in [0.15, 0.2) is 5.13 Å². The second-order valence-electron chi connectivity index (χ2n) is 9.92. The van der Waals surface area contributed by atoms with Crippen molar-refractivity contribution in [3.63, 3.8) is 0 Å². The molecule has 3 aromatic heterocycles. The first kappa shape index (κ1) is 24.1. The summed E-state index contributed by atoms with van der Waals surface area (Å²) in [6, 6.07) is 21.1. The van der Waals surface area contributed by atoms with Gasteiger partial charge in [-0.1, -0.05) is 30.3 Å². The highest BCUT2D eigenvalue weighted by atomic mass is 32.1. The molecule has 38 heavy (non-hydrogen) atoms. The summed E-state index contributed by atoms with van der Waals surface area (Å²) in [5.41, 5.74) is 7.06. The van der Waals surface area contributed by atoms with Crippen molar-refractivity contribution in [1.82, 2.24) is 15.0 Å². The van der Waals surface area contributed by atoms with Gasteiger partial charge in [0.25, 0.3) is 0 Å². The third-order valence-electron chi connectivity index (χ3n) is 7.43. The summed E-state index contributed by atoms with van der Waals surface area (Å²) < 4.78 is 0. The molecule has 0 radical (unpaired) electrons. The molecule has 6 rings (SSSR count). The van der Waals surface area contributed by atoms with Gasteiger partial charge in [-0.25, -0.2) is 9.97 Å². The monoisotopic (exact) mass is 516 g/mol. The lowest BCUT2D eigenvalue weighted by molar-refractivity contribution is 0.472. The Morgan fingerprint density at radius 2 is 1.63 bits per heavy atom. The molecule has 0 bridgehead atoms. The number of benzene rings is 2. The average Bonchev–Trinajstić information content (AvgIpc) is 3.47. The van der Waals surface area contributed by atoms with Crippen LogP contribution in [0.3, 0.4) is 0 Å². The summed E-state index contributed by atoms with van der Waals surface area (Å²) in [4.78, 5) is 19.1. The molecule has 0 spiro atoms. The maximum atomic E-state index is 9.13. The number of pyridine rings is 2. The van der Waals surface area contributed by atoms with E-state index in [0.29, 0.717) is 17.6 Å². The summed E-state index contributed by atoms with van der Waals surface area (Å²) in [5, 5.41) is 13.4. The largest absolute Gasteiger partial charge is 0.353 e. The van der Waals surface area contributed by atoms with E-state index in [0.717, 1.165) is 57.2 Å². The summed E-state index contributed by atoms with van der Waals surface area (Å²) in [6.07, 6.45) is 5.81. The Labute approximate surface area is 226 Å². The molecule has 4 heterocycles. The lowest BCUT2D eigenvalue weighted by Crippen LogP contribution is -2.57. The molecule has 1 saturated heterocycles. The van der Waals surface area contributed by atoms with E-state index in [9.17, 15) is 0 Å². The van der Waals surface area contributed by atoms with Crippen molar-refractivity contribution in [2.75, 3.05) is 22.9 Å². The highest BCUT2D eigenvalue weighted by molar-refractivity contribution is 7.13. The van der Waals surface area contributed by atoms with Crippen LogP contribution in [-0.2, 0) is 0 Å². The molecule has 0 aliphatic carbocycles. The quantitative estimate of drug-likeness (QED) is 0.265. The zero-order valence-corrected chi connectivity index (χ0v) is 22.5. The lowest BCUT2D eigenvalue weighted by atomic mass is 9.95. The third-order valence-corrected chi connectivity index (χ3v) is 8.22. The molecule has 6 nitrogen and oxygen atoms in total. The molecule has 1 aliphatic rings. The third kappa shape index (κ3) is 4.27. The molecule has 7 heteroatoms. The second-order valence-corrected chi connectivity index (χ2v) is 10.8. The van der Waals surface area contributed by atoms with Gasteiger partial charge < -0.3 is 9.80 Å². The molecular weight excluding hydrogens is 488 g/mol. The van der Waals surface area contributed by atoms with Gasteiger partial charge in [-0.15, -0.1) is 11.3 Å². The van der Waals surface area contributed by atoms with Crippen LogP contribution in [0.25, 0.3) is 33.2 Å². The van der Waals surface area contributed by atoms with Crippen molar-refractivity contribution in [1.29, 1.82) is 5.26 Å². The van der Waals surface area contributed by atoms with Gasteiger partial charge in [-0.3, -0.25) is 4.98 Å². The fourth-order valence-electron chi connectivity index (χ4n) is 5.57. The lowest BCUT2D eigenvalue weighted by Gasteiger charge is -2.44. The molecule has 5 aromatic rings. The molecule has 188 valence electrons. The van der Waals surface area contributed by atoms with Crippen LogP contribution in [-0.4, -0.2) is 40.1 Å². The highest BCUT2D eigenvalue weighted by Gasteiger charge is 2.31. The van der Waals surface area contributed by atoms with Crippen LogP contribution in [0.1, 0.15) is 25.0 Å². The smallest absolute Gasteiger partial charge is 0.185 e. The molecular formula is C31H28N6S. The van der Waals surface area contributed by atoms with E-state index < -0.39 is 0 Å². The molecule has 2 unspecified atom stereocenters. The predicted molar refractivity (Wildman–Crippen MR) is 156 cm³/mol. The normalized spacial score (nSPS) is 17.5. The maximum absolute atomic E-state index is 9.13. The Balaban J connectivity index is 1.27. The Bertz CT molecular complexity index is 1610. The Kier molecular flexibility index (Phi) is 6.26. The van der Waals surface area contributed by atoms with E-state index in [-0.39, 0.29) is 0 Å². The molecule has 0 N–H and O–H groups in total. The van der Waals surface area contributed by atoms with Crippen LogP contribution < -0.4 is 9.80 Å². The fourth-order valence-corrected chi connectivity index (χ4v) is 6.41. The number of anilines is 2. The van der Waals surface area contributed by atoms with Gasteiger partial charge in [0.2, 0.25) is 0 Å². The molecule has 2 atom stereocenters. The number of para-hydroxylation sites is 1. The number of nitriles is 1. The van der Waals surface area contributed by atoms with Crippen LogP contribution >= 0.6 is 11.3 Å². The summed E-state index contributed by atoms with van der Waals surface area (Å²) >= 11 is 1.70. The number of fused-ring (bicyclic) bond motifs is 1. The molecule has 1 fully saturated rings. The summed E-state index contributed by atoms with van der Waals surface area (Å²) in [5.74, 6) is 1.00. The molecule has 2 aromatic carbocycles. The number of hydrogen-bond donors (Lipinski definition) is 0. The molecule has 0 amide bonds. The summed E-state index contributed by atoms with van der Waals surface area (Å²) in [7, 11) is 0. The zero-order valence-electron chi connectivity index (χ0n) is 21.7. The topological polar surface area (TPSA) is 68.9 Å². The molecule has 0 saturated carbocycles. The van der Waals surface area contributed by atoms with Gasteiger partial charge in [0.1, 0.15) is 5.82 Å². The van der Waals surface area contributed by atoms with Crippen molar-refractivity contribution >= 4 is 33.2 Å². The van der Waals surface area contributed by atoms with E-state index in [1.165, 1.54) is 5.56 Å². The Morgan fingerprint density at radius 3 is 2.29 bits per heavy atom. The number of aryl methyl sites for hydroxylation is 1. The summed E-state index contributed by atoms with van der Waals surface area (Å²) in [6.45, 7) is 8.48. The van der Waals surface area contributed by atoms with E-state index in [4.69, 9.17) is 15.2 Å². The average molecular weight is 517 g/mol. The van der Waals surface area contributed by atoms with E-state index in [2.05, 4.69) is 72.0 Å². The van der Waals surface area contributed by atoms with Gasteiger partial charge in [-0.2, -0.15) is 5.26 Å². The standard InChI is InChI=1S/C31H28N6S/c1-20-18-36(19-21(2)37(20)31-33-13-14-38-31)29-12-11-25(16-34-29)28-17-35-30-26(22(28)3)5-4-6-27(30)24-9-7-23(15-32)8-10-24/h4-14,16-17,20-21H,18-19H2,1-3H3. The Morgan fingerprint density at radius 1 is 0.868 bits per heavy atom. The molecule has 1 aliphatic heterocycles. The first-order valence-corrected chi connectivity index (χ1v) is 13.7. The number of thiazole rings is 1. The number of hydrogen-bond acceptors (Lipinski definition) is 7. The minimum absolute atomic E-state index is 0.351. The van der Waals surface area contributed by atoms with Crippen molar-refractivity contribution in [3.8, 4) is 28.3 Å². The van der Waals surface area contributed by atoms with Gasteiger partial charge >= 0.3 is 0 Å². The van der Waals surface area contributed by atoms with Crippen molar-refractivity contribution in [3.05, 3.63) is 89.7 Å². The fraction of sp³-hybridized carbons (Fsp3) is 0.226. The Hall–Kier alpha value is -4.28. The van der Waals surface area contributed by atoms with Crippen LogP contribution in [0.2, 0.25) is 0 Å². The number of piperazine rings is 1. The second kappa shape index (κ2) is 9.88. The van der Waals surface area contributed by atoms with E-state index in [1.807, 2.05) is 48.2 Å². The van der Waals surface area contributed by atoms with Crippen LogP contribution in [0.5, 0.6) is 0 Å². The maximum Gasteiger partial charge on any atom is 0.185 e.